The van der Waals surface area contributed by atoms with Crippen molar-refractivity contribution in [2.24, 2.45) is 5.92 Å². The average Bonchev–Trinajstić information content (AvgIpc) is 2.60. The molecule has 1 fully saturated rings. The number of urea groups is 1. The van der Waals surface area contributed by atoms with E-state index in [0.29, 0.717) is 19.8 Å². The number of amides is 2. The van der Waals surface area contributed by atoms with Gasteiger partial charge in [-0.2, -0.15) is 0 Å². The van der Waals surface area contributed by atoms with Crippen molar-refractivity contribution in [2.75, 3.05) is 26.4 Å². The maximum absolute atomic E-state index is 13.6. The second-order valence-electron chi connectivity index (χ2n) is 6.68. The molecule has 0 aromatic heterocycles. The van der Waals surface area contributed by atoms with E-state index in [0.717, 1.165) is 18.4 Å². The van der Waals surface area contributed by atoms with E-state index in [4.69, 9.17) is 9.84 Å². The molecule has 0 bridgehead atoms. The molecule has 2 unspecified atom stereocenters. The highest BCUT2D eigenvalue weighted by atomic mass is 19.1. The fourth-order valence-electron chi connectivity index (χ4n) is 2.96. The number of carbonyl (C=O) groups is 1. The molecule has 1 saturated heterocycles. The van der Waals surface area contributed by atoms with Crippen LogP contribution in [0.15, 0.2) is 24.3 Å². The molecule has 1 heterocycles. The minimum Gasteiger partial charge on any atom is -0.396 e. The molecule has 1 aromatic rings. The number of benzene rings is 1. The number of halogens is 1. The summed E-state index contributed by atoms with van der Waals surface area (Å²) in [5.74, 6) is -0.288. The molecule has 1 aromatic carbocycles. The lowest BCUT2D eigenvalue weighted by Crippen LogP contribution is -2.50. The molecule has 2 amide bonds. The molecular formula is C18H27FN2O3. The zero-order valence-electron chi connectivity index (χ0n) is 14.3. The topological polar surface area (TPSA) is 70.6 Å². The first kappa shape index (κ1) is 18.7. The van der Waals surface area contributed by atoms with Crippen LogP contribution in [0, 0.1) is 11.7 Å². The van der Waals surface area contributed by atoms with Crippen LogP contribution in [0.5, 0.6) is 0 Å². The number of rotatable bonds is 6. The van der Waals surface area contributed by atoms with Gasteiger partial charge < -0.3 is 20.5 Å². The van der Waals surface area contributed by atoms with Gasteiger partial charge in [0.15, 0.2) is 0 Å². The maximum atomic E-state index is 13.6. The Morgan fingerprint density at radius 3 is 2.71 bits per heavy atom. The second-order valence-corrected chi connectivity index (χ2v) is 6.68. The molecule has 2 rings (SSSR count). The molecule has 5 nitrogen and oxygen atoms in total. The van der Waals surface area contributed by atoms with Gasteiger partial charge in [-0.05, 0) is 43.4 Å². The summed E-state index contributed by atoms with van der Waals surface area (Å²) in [7, 11) is 0. The summed E-state index contributed by atoms with van der Waals surface area (Å²) in [6, 6.07) is 6.17. The minimum absolute atomic E-state index is 0.0176. The van der Waals surface area contributed by atoms with Gasteiger partial charge in [0.1, 0.15) is 5.82 Å². The standard InChI is InChI=1S/C18H27FN2O3/c1-13(11-22)14(2)21-17(23)20-12-18(6-8-24-9-7-18)15-4-3-5-16(19)10-15/h3-5,10,13-14,22H,6-9,11-12H2,1-2H3,(H2,20,21,23). The zero-order chi connectivity index (χ0) is 17.6. The van der Waals surface area contributed by atoms with E-state index >= 15 is 0 Å². The molecule has 0 radical (unpaired) electrons. The largest absolute Gasteiger partial charge is 0.396 e. The van der Waals surface area contributed by atoms with E-state index in [9.17, 15) is 9.18 Å². The Balaban J connectivity index is 2.03. The highest BCUT2D eigenvalue weighted by molar-refractivity contribution is 5.74. The van der Waals surface area contributed by atoms with Crippen molar-refractivity contribution in [2.45, 2.75) is 38.1 Å². The summed E-state index contributed by atoms with van der Waals surface area (Å²) in [5, 5.41) is 14.9. The number of aliphatic hydroxyl groups excluding tert-OH is 1. The summed E-state index contributed by atoms with van der Waals surface area (Å²) < 4.78 is 19.1. The number of carbonyl (C=O) groups excluding carboxylic acids is 1. The number of hydrogen-bond acceptors (Lipinski definition) is 3. The number of hydrogen-bond donors (Lipinski definition) is 3. The third-order valence-electron chi connectivity index (χ3n) is 4.97. The van der Waals surface area contributed by atoms with Crippen molar-refractivity contribution in [3.8, 4) is 0 Å². The molecule has 3 N–H and O–H groups in total. The molecule has 1 aliphatic rings. The number of ether oxygens (including phenoxy) is 1. The molecule has 0 aliphatic carbocycles. The van der Waals surface area contributed by atoms with Gasteiger partial charge in [0.25, 0.3) is 0 Å². The lowest BCUT2D eigenvalue weighted by atomic mass is 9.74. The van der Waals surface area contributed by atoms with Crippen molar-refractivity contribution in [3.63, 3.8) is 0 Å². The van der Waals surface area contributed by atoms with Gasteiger partial charge in [-0.15, -0.1) is 0 Å². The Bertz CT molecular complexity index is 547. The molecule has 0 spiro atoms. The third kappa shape index (κ3) is 4.68. The van der Waals surface area contributed by atoms with Crippen molar-refractivity contribution in [1.29, 1.82) is 0 Å². The maximum Gasteiger partial charge on any atom is 0.315 e. The zero-order valence-corrected chi connectivity index (χ0v) is 14.3. The fourth-order valence-corrected chi connectivity index (χ4v) is 2.96. The normalized spacial score (nSPS) is 19.3. The van der Waals surface area contributed by atoms with Crippen LogP contribution in [0.25, 0.3) is 0 Å². The van der Waals surface area contributed by atoms with Gasteiger partial charge in [-0.3, -0.25) is 0 Å². The van der Waals surface area contributed by atoms with Gasteiger partial charge >= 0.3 is 6.03 Å². The first-order valence-electron chi connectivity index (χ1n) is 8.46. The van der Waals surface area contributed by atoms with Crippen molar-refractivity contribution >= 4 is 6.03 Å². The van der Waals surface area contributed by atoms with Gasteiger partial charge in [0.2, 0.25) is 0 Å². The van der Waals surface area contributed by atoms with Gasteiger partial charge in [-0.1, -0.05) is 19.1 Å². The summed E-state index contributed by atoms with van der Waals surface area (Å²) >= 11 is 0. The van der Waals surface area contributed by atoms with Crippen LogP contribution < -0.4 is 10.6 Å². The number of nitrogens with one attached hydrogen (secondary N) is 2. The van der Waals surface area contributed by atoms with Crippen LogP contribution in [0.1, 0.15) is 32.3 Å². The summed E-state index contributed by atoms with van der Waals surface area (Å²) in [4.78, 5) is 12.1. The summed E-state index contributed by atoms with van der Waals surface area (Å²) in [6.07, 6.45) is 1.47. The van der Waals surface area contributed by atoms with E-state index in [2.05, 4.69) is 10.6 Å². The highest BCUT2D eigenvalue weighted by Crippen LogP contribution is 2.34. The Kier molecular flexibility index (Phi) is 6.57. The third-order valence-corrected chi connectivity index (χ3v) is 4.97. The highest BCUT2D eigenvalue weighted by Gasteiger charge is 2.35. The van der Waals surface area contributed by atoms with E-state index in [1.54, 1.807) is 12.1 Å². The van der Waals surface area contributed by atoms with Gasteiger partial charge in [0, 0.05) is 37.8 Å². The molecule has 1 aliphatic heterocycles. The Hall–Kier alpha value is -1.66. The van der Waals surface area contributed by atoms with Crippen LogP contribution in [-0.2, 0) is 10.2 Å². The minimum atomic E-state index is -0.316. The van der Waals surface area contributed by atoms with Crippen LogP contribution in [0.4, 0.5) is 9.18 Å². The molecular weight excluding hydrogens is 311 g/mol. The SMILES string of the molecule is CC(CO)C(C)NC(=O)NCC1(c2cccc(F)c2)CCOCC1. The molecule has 134 valence electrons. The first-order valence-corrected chi connectivity index (χ1v) is 8.46. The van der Waals surface area contributed by atoms with Crippen molar-refractivity contribution in [3.05, 3.63) is 35.6 Å². The van der Waals surface area contributed by atoms with Crippen LogP contribution in [0.3, 0.4) is 0 Å². The predicted molar refractivity (Wildman–Crippen MR) is 90.4 cm³/mol. The second kappa shape index (κ2) is 8.44. The smallest absolute Gasteiger partial charge is 0.315 e. The van der Waals surface area contributed by atoms with Crippen LogP contribution >= 0.6 is 0 Å². The average molecular weight is 338 g/mol. The van der Waals surface area contributed by atoms with Crippen molar-refractivity contribution in [1.82, 2.24) is 10.6 Å². The lowest BCUT2D eigenvalue weighted by molar-refractivity contribution is 0.0505. The van der Waals surface area contributed by atoms with Crippen LogP contribution in [-0.4, -0.2) is 43.5 Å². The lowest BCUT2D eigenvalue weighted by Gasteiger charge is -2.38. The van der Waals surface area contributed by atoms with Crippen LogP contribution in [0.2, 0.25) is 0 Å². The van der Waals surface area contributed by atoms with E-state index in [1.807, 2.05) is 19.9 Å². The van der Waals surface area contributed by atoms with Gasteiger partial charge in [0.05, 0.1) is 0 Å². The molecule has 0 saturated carbocycles. The fraction of sp³-hybridized carbons (Fsp3) is 0.611. The molecule has 6 heteroatoms. The molecule has 2 atom stereocenters. The van der Waals surface area contributed by atoms with Gasteiger partial charge in [-0.25, -0.2) is 9.18 Å². The Morgan fingerprint density at radius 2 is 2.08 bits per heavy atom. The number of aliphatic hydroxyl groups is 1. The summed E-state index contributed by atoms with van der Waals surface area (Å²) in [6.45, 7) is 5.36. The van der Waals surface area contributed by atoms with E-state index in [1.165, 1.54) is 6.07 Å². The van der Waals surface area contributed by atoms with Crippen molar-refractivity contribution < 1.29 is 19.0 Å². The Labute approximate surface area is 142 Å². The van der Waals surface area contributed by atoms with E-state index in [-0.39, 0.29) is 35.8 Å². The predicted octanol–water partition coefficient (Wildman–Crippen LogP) is 2.19. The van der Waals surface area contributed by atoms with E-state index < -0.39 is 0 Å². The molecule has 24 heavy (non-hydrogen) atoms. The first-order chi connectivity index (χ1) is 11.5. The Morgan fingerprint density at radius 1 is 1.38 bits per heavy atom. The summed E-state index contributed by atoms with van der Waals surface area (Å²) in [5.41, 5.74) is 0.576. The quantitative estimate of drug-likeness (QED) is 0.745. The monoisotopic (exact) mass is 338 g/mol.